The van der Waals surface area contributed by atoms with E-state index in [9.17, 15) is 0 Å². The maximum Gasteiger partial charge on any atom is 0.229 e. The summed E-state index contributed by atoms with van der Waals surface area (Å²) in [4.78, 5) is 21.0. The fraction of sp³-hybridized carbons (Fsp3) is 0.300. The number of fused-ring (bicyclic) bond motifs is 3. The molecule has 2 fully saturated rings. The Hall–Kier alpha value is -3.86. The van der Waals surface area contributed by atoms with Crippen molar-refractivity contribution < 1.29 is 9.47 Å². The minimum absolute atomic E-state index is 0.268. The summed E-state index contributed by atoms with van der Waals surface area (Å²) in [6.45, 7) is 6.02. The first kappa shape index (κ1) is 27.9. The van der Waals surface area contributed by atoms with Gasteiger partial charge in [-0.2, -0.15) is 10.1 Å². The van der Waals surface area contributed by atoms with Crippen LogP contribution in [0, 0.1) is 0 Å². The summed E-state index contributed by atoms with van der Waals surface area (Å²) in [6.07, 6.45) is 10.4. The number of nitrogens with zero attached hydrogens (tertiary/aromatic N) is 7. The quantitative estimate of drug-likeness (QED) is 0.209. The number of nitrogens with one attached hydrogen (secondary N) is 2. The van der Waals surface area contributed by atoms with Gasteiger partial charge in [0.25, 0.3) is 0 Å². The third kappa shape index (κ3) is 5.28. The van der Waals surface area contributed by atoms with Crippen LogP contribution in [-0.2, 0) is 11.8 Å². The number of morpholine rings is 1. The summed E-state index contributed by atoms with van der Waals surface area (Å²) >= 11 is 3.63. The molecule has 2 aromatic carbocycles. The molecule has 0 spiro atoms. The number of hydrogen-bond acceptors (Lipinski definition) is 10. The summed E-state index contributed by atoms with van der Waals surface area (Å²) < 4.78 is 14.3. The predicted molar refractivity (Wildman–Crippen MR) is 175 cm³/mol. The molecule has 0 saturated carbocycles. The fourth-order valence-corrected chi connectivity index (χ4v) is 7.40. The minimum Gasteiger partial charge on any atom is -0.494 e. The number of ether oxygens (including phenoxy) is 2. The number of benzene rings is 2. The van der Waals surface area contributed by atoms with Crippen LogP contribution >= 0.6 is 23.9 Å². The van der Waals surface area contributed by atoms with E-state index in [0.717, 1.165) is 68.6 Å². The molecule has 220 valence electrons. The van der Waals surface area contributed by atoms with Gasteiger partial charge in [-0.05, 0) is 53.9 Å². The van der Waals surface area contributed by atoms with Crippen molar-refractivity contribution in [2.45, 2.75) is 18.6 Å². The predicted octanol–water partition coefficient (Wildman–Crippen LogP) is 5.42. The van der Waals surface area contributed by atoms with E-state index in [1.165, 1.54) is 0 Å². The molecule has 2 saturated heterocycles. The standard InChI is InChI=1S/C30H31BrN9O2P/c1-39-14-17(12-35-39)20-10-24(26(41-2)11-25(20)40-15-19-9-18(40)16-42-19)37-30-34-13-21(31)29(38-30)36-23-6-5-22-27(28(23)43(3)4)33-8-7-32-22/h5-8,10-14,18-19H,9,15-16H2,1-4H3,(H2,34,36,37,38). The first-order chi connectivity index (χ1) is 20.9. The molecule has 2 aliphatic heterocycles. The summed E-state index contributed by atoms with van der Waals surface area (Å²) in [5.41, 5.74) is 6.66. The minimum atomic E-state index is -0.484. The lowest BCUT2D eigenvalue weighted by Crippen LogP contribution is -2.37. The maximum absolute atomic E-state index is 5.89. The summed E-state index contributed by atoms with van der Waals surface area (Å²) in [5, 5.41) is 12.5. The van der Waals surface area contributed by atoms with Gasteiger partial charge in [0.1, 0.15) is 11.6 Å². The van der Waals surface area contributed by atoms with Gasteiger partial charge in [0, 0.05) is 72.3 Å². The average Bonchev–Trinajstić information content (AvgIpc) is 3.76. The molecule has 2 atom stereocenters. The maximum atomic E-state index is 5.89. The van der Waals surface area contributed by atoms with Crippen molar-refractivity contribution in [3.05, 3.63) is 59.7 Å². The van der Waals surface area contributed by atoms with Crippen LogP contribution < -0.4 is 25.6 Å². The first-order valence-electron chi connectivity index (χ1n) is 13.9. The second-order valence-corrected chi connectivity index (χ2v) is 14.0. The van der Waals surface area contributed by atoms with Crippen LogP contribution in [0.15, 0.2) is 59.7 Å². The Bertz CT molecular complexity index is 1830. The van der Waals surface area contributed by atoms with Crippen LogP contribution in [0.3, 0.4) is 0 Å². The molecule has 2 N–H and O–H groups in total. The van der Waals surface area contributed by atoms with Gasteiger partial charge in [0.15, 0.2) is 0 Å². The normalized spacial score (nSPS) is 17.7. The Morgan fingerprint density at radius 2 is 1.93 bits per heavy atom. The number of methoxy groups -OCH3 is 1. The molecular weight excluding hydrogens is 629 g/mol. The third-order valence-corrected chi connectivity index (χ3v) is 9.78. The highest BCUT2D eigenvalue weighted by atomic mass is 79.9. The van der Waals surface area contributed by atoms with E-state index in [2.05, 4.69) is 77.0 Å². The highest BCUT2D eigenvalue weighted by molar-refractivity contribution is 9.10. The number of aromatic nitrogens is 6. The Balaban J connectivity index is 1.25. The molecule has 2 unspecified atom stereocenters. The van der Waals surface area contributed by atoms with Gasteiger partial charge in [0.2, 0.25) is 5.95 Å². The largest absolute Gasteiger partial charge is 0.494 e. The Morgan fingerprint density at radius 3 is 2.65 bits per heavy atom. The SMILES string of the molecule is COc1cc(N2CC3CC2CO3)c(-c2cnn(C)c2)cc1Nc1ncc(Br)c(Nc2ccc3nccnc3c2P(C)C)n1. The topological polar surface area (TPSA) is 115 Å². The highest BCUT2D eigenvalue weighted by Gasteiger charge is 2.40. The van der Waals surface area contributed by atoms with Crippen LogP contribution in [0.2, 0.25) is 0 Å². The zero-order valence-corrected chi connectivity index (χ0v) is 26.7. The van der Waals surface area contributed by atoms with Crippen molar-refractivity contribution in [3.8, 4) is 16.9 Å². The van der Waals surface area contributed by atoms with Crippen LogP contribution in [0.4, 0.5) is 28.8 Å². The molecule has 43 heavy (non-hydrogen) atoms. The zero-order chi connectivity index (χ0) is 29.7. The highest BCUT2D eigenvalue weighted by Crippen LogP contribution is 2.44. The molecule has 2 aliphatic rings. The molecule has 2 bridgehead atoms. The average molecular weight is 661 g/mol. The van der Waals surface area contributed by atoms with E-state index in [1.807, 2.05) is 36.3 Å². The molecule has 0 aliphatic carbocycles. The van der Waals surface area contributed by atoms with Gasteiger partial charge >= 0.3 is 0 Å². The molecule has 11 nitrogen and oxygen atoms in total. The second-order valence-electron chi connectivity index (χ2n) is 10.9. The van der Waals surface area contributed by atoms with Gasteiger partial charge in [-0.1, -0.05) is 7.92 Å². The van der Waals surface area contributed by atoms with Gasteiger partial charge < -0.3 is 25.0 Å². The van der Waals surface area contributed by atoms with E-state index in [0.29, 0.717) is 23.6 Å². The van der Waals surface area contributed by atoms with Crippen LogP contribution in [0.5, 0.6) is 5.75 Å². The third-order valence-electron chi connectivity index (χ3n) is 7.85. The first-order valence-corrected chi connectivity index (χ1v) is 17.0. The molecule has 0 radical (unpaired) electrons. The zero-order valence-electron chi connectivity index (χ0n) is 24.2. The monoisotopic (exact) mass is 659 g/mol. The van der Waals surface area contributed by atoms with E-state index in [1.54, 1.807) is 25.7 Å². The van der Waals surface area contributed by atoms with Crippen LogP contribution in [0.25, 0.3) is 22.2 Å². The van der Waals surface area contributed by atoms with Crippen molar-refractivity contribution in [1.82, 2.24) is 29.7 Å². The number of aryl methyl sites for hydroxylation is 1. The second kappa shape index (κ2) is 11.3. The van der Waals surface area contributed by atoms with Crippen molar-refractivity contribution in [1.29, 1.82) is 0 Å². The van der Waals surface area contributed by atoms with E-state index < -0.39 is 7.92 Å². The lowest BCUT2D eigenvalue weighted by molar-refractivity contribution is 0.0991. The number of anilines is 5. The molecule has 7 rings (SSSR count). The number of halogens is 1. The van der Waals surface area contributed by atoms with Crippen molar-refractivity contribution in [2.24, 2.45) is 7.05 Å². The Kier molecular flexibility index (Phi) is 7.36. The summed E-state index contributed by atoms with van der Waals surface area (Å²) in [6, 6.07) is 8.56. The van der Waals surface area contributed by atoms with E-state index >= 15 is 0 Å². The van der Waals surface area contributed by atoms with Crippen LogP contribution in [0.1, 0.15) is 6.42 Å². The molecule has 5 aromatic rings. The lowest BCUT2D eigenvalue weighted by atomic mass is 10.0. The van der Waals surface area contributed by atoms with Gasteiger partial charge in [0.05, 0.1) is 53.3 Å². The fourth-order valence-electron chi connectivity index (χ4n) is 5.90. The van der Waals surface area contributed by atoms with Crippen LogP contribution in [-0.4, -0.2) is 75.5 Å². The molecular formula is C30H31BrN9O2P. The van der Waals surface area contributed by atoms with Gasteiger partial charge in [-0.15, -0.1) is 0 Å². The molecule has 13 heteroatoms. The smallest absolute Gasteiger partial charge is 0.229 e. The van der Waals surface area contributed by atoms with Crippen molar-refractivity contribution >= 4 is 69.0 Å². The summed E-state index contributed by atoms with van der Waals surface area (Å²) in [5.74, 6) is 1.76. The van der Waals surface area contributed by atoms with E-state index in [-0.39, 0.29) is 6.10 Å². The molecule has 0 amide bonds. The molecule has 3 aromatic heterocycles. The van der Waals surface area contributed by atoms with Crippen molar-refractivity contribution in [3.63, 3.8) is 0 Å². The lowest BCUT2D eigenvalue weighted by Gasteiger charge is -2.31. The van der Waals surface area contributed by atoms with Gasteiger partial charge in [-0.25, -0.2) is 4.98 Å². The van der Waals surface area contributed by atoms with Gasteiger partial charge in [-0.3, -0.25) is 14.6 Å². The Labute approximate surface area is 258 Å². The van der Waals surface area contributed by atoms with Crippen molar-refractivity contribution in [2.75, 3.05) is 49.1 Å². The number of hydrogen-bond donors (Lipinski definition) is 2. The van der Waals surface area contributed by atoms with E-state index in [4.69, 9.17) is 14.5 Å². The Morgan fingerprint density at radius 1 is 1.07 bits per heavy atom. The number of rotatable bonds is 8. The molecule has 5 heterocycles. The summed E-state index contributed by atoms with van der Waals surface area (Å²) in [7, 11) is 3.12.